The van der Waals surface area contributed by atoms with Crippen LogP contribution in [-0.4, -0.2) is 37.2 Å². The van der Waals surface area contributed by atoms with Crippen LogP contribution < -0.4 is 0 Å². The van der Waals surface area contributed by atoms with Crippen LogP contribution in [-0.2, 0) is 4.74 Å². The Bertz CT molecular complexity index is 307. The molecule has 0 rings (SSSR count). The maximum absolute atomic E-state index is 12.8. The van der Waals surface area contributed by atoms with Crippen molar-refractivity contribution in [1.29, 1.82) is 0 Å². The van der Waals surface area contributed by atoms with E-state index in [0.717, 1.165) is 6.08 Å². The van der Waals surface area contributed by atoms with Gasteiger partial charge in [0, 0.05) is 6.42 Å². The number of hydrogen-bond donors (Lipinski definition) is 0. The van der Waals surface area contributed by atoms with Crippen LogP contribution in [0.4, 0.5) is 39.5 Å². The van der Waals surface area contributed by atoms with E-state index in [0.29, 0.717) is 0 Å². The summed E-state index contributed by atoms with van der Waals surface area (Å²) < 4.78 is 115. The number of hydrogen-bond acceptors (Lipinski definition) is 1. The van der Waals surface area contributed by atoms with Crippen molar-refractivity contribution in [2.45, 2.75) is 30.4 Å². The summed E-state index contributed by atoms with van der Waals surface area (Å²) in [4.78, 5) is 0. The third-order valence-electron chi connectivity index (χ3n) is 2.01. The molecule has 0 aromatic heterocycles. The van der Waals surface area contributed by atoms with Crippen molar-refractivity contribution in [3.8, 4) is 0 Å². The summed E-state index contributed by atoms with van der Waals surface area (Å²) in [5.74, 6) is -19.0. The minimum Gasteiger partial charge on any atom is -0.377 e. The van der Waals surface area contributed by atoms with Crippen molar-refractivity contribution in [1.82, 2.24) is 0 Å². The Morgan fingerprint density at radius 1 is 0.842 bits per heavy atom. The van der Waals surface area contributed by atoms with Gasteiger partial charge in [-0.1, -0.05) is 6.08 Å². The second-order valence-electron chi connectivity index (χ2n) is 3.46. The Morgan fingerprint density at radius 2 is 1.32 bits per heavy atom. The first-order valence-corrected chi connectivity index (χ1v) is 4.70. The van der Waals surface area contributed by atoms with Gasteiger partial charge in [0.1, 0.15) is 0 Å². The molecule has 0 N–H and O–H groups in total. The Labute approximate surface area is 102 Å². The SMILES string of the molecule is C=CCOCCC(F)(F)C(F)(F)C(F)(F)C(F)(F)F. The van der Waals surface area contributed by atoms with Crippen LogP contribution in [0.5, 0.6) is 0 Å². The summed E-state index contributed by atoms with van der Waals surface area (Å²) in [7, 11) is 0. The Balaban J connectivity index is 5.00. The molecule has 0 aromatic rings. The van der Waals surface area contributed by atoms with Gasteiger partial charge in [0.2, 0.25) is 0 Å². The normalized spacial score (nSPS) is 14.6. The molecule has 19 heavy (non-hydrogen) atoms. The van der Waals surface area contributed by atoms with Gasteiger partial charge in [-0.15, -0.1) is 6.58 Å². The molecule has 0 aliphatic carbocycles. The molecule has 0 unspecified atom stereocenters. The van der Waals surface area contributed by atoms with Crippen LogP contribution in [0.25, 0.3) is 0 Å². The highest BCUT2D eigenvalue weighted by molar-refractivity contribution is 5.00. The van der Waals surface area contributed by atoms with E-state index in [2.05, 4.69) is 11.3 Å². The first-order chi connectivity index (χ1) is 8.31. The second kappa shape index (κ2) is 5.59. The van der Waals surface area contributed by atoms with Crippen LogP contribution in [0, 0.1) is 0 Å². The highest BCUT2D eigenvalue weighted by Crippen LogP contribution is 2.53. The van der Waals surface area contributed by atoms with Gasteiger partial charge in [0.25, 0.3) is 0 Å². The smallest absolute Gasteiger partial charge is 0.377 e. The van der Waals surface area contributed by atoms with E-state index in [1.165, 1.54) is 0 Å². The summed E-state index contributed by atoms with van der Waals surface area (Å²) >= 11 is 0. The largest absolute Gasteiger partial charge is 0.460 e. The maximum Gasteiger partial charge on any atom is 0.460 e. The monoisotopic (exact) mass is 304 g/mol. The highest BCUT2D eigenvalue weighted by atomic mass is 19.4. The van der Waals surface area contributed by atoms with Crippen LogP contribution in [0.1, 0.15) is 6.42 Å². The van der Waals surface area contributed by atoms with E-state index in [1.54, 1.807) is 0 Å². The summed E-state index contributed by atoms with van der Waals surface area (Å²) in [6, 6.07) is 0. The van der Waals surface area contributed by atoms with Gasteiger partial charge in [-0.25, -0.2) is 0 Å². The molecule has 0 aromatic carbocycles. The predicted molar refractivity (Wildman–Crippen MR) is 46.5 cm³/mol. The summed E-state index contributed by atoms with van der Waals surface area (Å²) in [5.41, 5.74) is 0. The first-order valence-electron chi connectivity index (χ1n) is 4.70. The van der Waals surface area contributed by atoms with E-state index in [9.17, 15) is 39.5 Å². The van der Waals surface area contributed by atoms with Crippen LogP contribution in [0.3, 0.4) is 0 Å². The molecule has 0 spiro atoms. The molecule has 114 valence electrons. The topological polar surface area (TPSA) is 9.23 Å². The maximum atomic E-state index is 12.8. The van der Waals surface area contributed by atoms with Crippen LogP contribution in [0.15, 0.2) is 12.7 Å². The molecule has 0 fully saturated rings. The predicted octanol–water partition coefficient (Wildman–Crippen LogP) is 4.05. The Hall–Kier alpha value is -0.930. The van der Waals surface area contributed by atoms with Gasteiger partial charge in [-0.3, -0.25) is 0 Å². The highest BCUT2D eigenvalue weighted by Gasteiger charge is 2.81. The molecule has 0 saturated heterocycles. The van der Waals surface area contributed by atoms with Crippen molar-refractivity contribution in [3.05, 3.63) is 12.7 Å². The molecular weight excluding hydrogens is 295 g/mol. The quantitative estimate of drug-likeness (QED) is 0.392. The lowest BCUT2D eigenvalue weighted by atomic mass is 10.0. The molecule has 0 atom stereocenters. The molecule has 0 saturated carbocycles. The average Bonchev–Trinajstić information content (AvgIpc) is 2.22. The van der Waals surface area contributed by atoms with Crippen molar-refractivity contribution in [2.75, 3.05) is 13.2 Å². The van der Waals surface area contributed by atoms with Gasteiger partial charge in [-0.05, 0) is 0 Å². The molecule has 0 heterocycles. The number of halogens is 9. The minimum atomic E-state index is -6.85. The Kier molecular flexibility index (Phi) is 5.32. The molecule has 0 radical (unpaired) electrons. The number of alkyl halides is 9. The third kappa shape index (κ3) is 3.54. The molecule has 0 aliphatic rings. The van der Waals surface area contributed by atoms with E-state index in [4.69, 9.17) is 0 Å². The fraction of sp³-hybridized carbons (Fsp3) is 0.778. The fourth-order valence-corrected chi connectivity index (χ4v) is 0.932. The summed E-state index contributed by atoms with van der Waals surface area (Å²) in [5, 5.41) is 0. The molecule has 0 amide bonds. The van der Waals surface area contributed by atoms with Crippen molar-refractivity contribution in [2.24, 2.45) is 0 Å². The standard InChI is InChI=1S/C9H9F9O/c1-2-4-19-5-3-6(10,11)7(12,13)8(14,15)9(16,17)18/h2H,1,3-5H2. The molecule has 0 aliphatic heterocycles. The average molecular weight is 304 g/mol. The van der Waals surface area contributed by atoms with Gasteiger partial charge in [0.05, 0.1) is 13.2 Å². The molecule has 0 bridgehead atoms. The van der Waals surface area contributed by atoms with Crippen molar-refractivity contribution in [3.63, 3.8) is 0 Å². The van der Waals surface area contributed by atoms with Crippen LogP contribution in [0.2, 0.25) is 0 Å². The zero-order chi connectivity index (χ0) is 15.5. The lowest BCUT2D eigenvalue weighted by molar-refractivity contribution is -0.397. The lowest BCUT2D eigenvalue weighted by Gasteiger charge is -2.33. The Morgan fingerprint density at radius 3 is 1.68 bits per heavy atom. The van der Waals surface area contributed by atoms with E-state index < -0.39 is 37.0 Å². The second-order valence-corrected chi connectivity index (χ2v) is 3.46. The van der Waals surface area contributed by atoms with E-state index in [1.807, 2.05) is 0 Å². The minimum absolute atomic E-state index is 0.336. The lowest BCUT2D eigenvalue weighted by Crippen LogP contribution is -2.61. The number of ether oxygens (including phenoxy) is 1. The van der Waals surface area contributed by atoms with Crippen LogP contribution >= 0.6 is 0 Å². The van der Waals surface area contributed by atoms with Gasteiger partial charge in [0.15, 0.2) is 0 Å². The summed E-state index contributed by atoms with van der Waals surface area (Å²) in [6.45, 7) is 1.63. The van der Waals surface area contributed by atoms with Crippen molar-refractivity contribution >= 4 is 0 Å². The first kappa shape index (κ1) is 18.1. The van der Waals surface area contributed by atoms with Gasteiger partial charge in [-0.2, -0.15) is 39.5 Å². The molecular formula is C9H9F9O. The number of rotatable bonds is 7. The molecule has 10 heteroatoms. The molecule has 1 nitrogen and oxygen atoms in total. The van der Waals surface area contributed by atoms with Gasteiger partial charge >= 0.3 is 23.9 Å². The zero-order valence-electron chi connectivity index (χ0n) is 9.22. The van der Waals surface area contributed by atoms with Gasteiger partial charge < -0.3 is 4.74 Å². The zero-order valence-corrected chi connectivity index (χ0v) is 9.22. The van der Waals surface area contributed by atoms with Crippen molar-refractivity contribution < 1.29 is 44.3 Å². The third-order valence-corrected chi connectivity index (χ3v) is 2.01. The van der Waals surface area contributed by atoms with E-state index >= 15 is 0 Å². The van der Waals surface area contributed by atoms with E-state index in [-0.39, 0.29) is 6.61 Å². The fourth-order valence-electron chi connectivity index (χ4n) is 0.932. The summed E-state index contributed by atoms with van der Waals surface area (Å²) in [6.07, 6.45) is -7.72.